The molecule has 0 N–H and O–H groups in total. The maximum atomic E-state index is 6.78. The van der Waals surface area contributed by atoms with Gasteiger partial charge in [-0.05, 0) is 76.9 Å². The number of rotatable bonds is 5. The monoisotopic (exact) mass is 666 g/mol. The number of hydrogen-bond donors (Lipinski definition) is 0. The number of allylic oxidation sites excluding steroid dienone is 2. The average Bonchev–Trinajstić information content (AvgIpc) is 3.86. The van der Waals surface area contributed by atoms with Crippen LogP contribution >= 0.6 is 0 Å². The summed E-state index contributed by atoms with van der Waals surface area (Å²) < 4.78 is 11.6. The molecule has 2 atom stereocenters. The van der Waals surface area contributed by atoms with Crippen LogP contribution < -0.4 is 4.74 Å². The average molecular weight is 667 g/mol. The summed E-state index contributed by atoms with van der Waals surface area (Å²) in [6.45, 7) is 0.798. The maximum Gasteiger partial charge on any atom is 0.132 e. The Balaban J connectivity index is 0.951. The molecule has 7 aromatic carbocycles. The third-order valence-electron chi connectivity index (χ3n) is 11.1. The molecular formula is C49H34N2O. The van der Waals surface area contributed by atoms with E-state index in [-0.39, 0.29) is 12.0 Å². The SMILES string of the molecule is C1=CC2Oc3c(-c4cccc(Cn5c6ccccc6c6ccccc65)c4)cccc3C2C=C1c1ccc2c(c1)c1ccccc1n2-c1ccccc1. The van der Waals surface area contributed by atoms with Gasteiger partial charge in [-0.15, -0.1) is 0 Å². The topological polar surface area (TPSA) is 19.1 Å². The molecule has 0 saturated heterocycles. The molecule has 0 radical (unpaired) electrons. The highest BCUT2D eigenvalue weighted by atomic mass is 16.5. The van der Waals surface area contributed by atoms with Gasteiger partial charge in [0.2, 0.25) is 0 Å². The van der Waals surface area contributed by atoms with Crippen molar-refractivity contribution in [3.05, 3.63) is 199 Å². The highest BCUT2D eigenvalue weighted by Crippen LogP contribution is 2.48. The van der Waals surface area contributed by atoms with Crippen LogP contribution in [0.2, 0.25) is 0 Å². The third kappa shape index (κ3) is 4.46. The minimum atomic E-state index is -0.0237. The molecule has 246 valence electrons. The van der Waals surface area contributed by atoms with Crippen molar-refractivity contribution >= 4 is 49.2 Å². The summed E-state index contributed by atoms with van der Waals surface area (Å²) in [5.74, 6) is 1.15. The smallest absolute Gasteiger partial charge is 0.132 e. The van der Waals surface area contributed by atoms with Crippen molar-refractivity contribution in [2.75, 3.05) is 0 Å². The molecule has 2 unspecified atom stereocenters. The van der Waals surface area contributed by atoms with Gasteiger partial charge in [-0.2, -0.15) is 0 Å². The summed E-state index contributed by atoms with van der Waals surface area (Å²) in [5, 5.41) is 5.12. The molecule has 3 heteroatoms. The summed E-state index contributed by atoms with van der Waals surface area (Å²) in [6, 6.07) is 59.4. The number of para-hydroxylation sites is 5. The minimum absolute atomic E-state index is 0.0237. The molecule has 3 nitrogen and oxygen atoms in total. The molecule has 0 fully saturated rings. The van der Waals surface area contributed by atoms with E-state index in [0.29, 0.717) is 0 Å². The van der Waals surface area contributed by atoms with Crippen LogP contribution in [0.5, 0.6) is 5.75 Å². The first-order valence-corrected chi connectivity index (χ1v) is 18.1. The van der Waals surface area contributed by atoms with Gasteiger partial charge in [-0.1, -0.05) is 127 Å². The molecular weight excluding hydrogens is 633 g/mol. The first kappa shape index (κ1) is 29.2. The van der Waals surface area contributed by atoms with E-state index in [9.17, 15) is 0 Å². The summed E-state index contributed by atoms with van der Waals surface area (Å²) in [4.78, 5) is 0. The number of aromatic nitrogens is 2. The predicted molar refractivity (Wildman–Crippen MR) is 215 cm³/mol. The fourth-order valence-corrected chi connectivity index (χ4v) is 8.75. The zero-order valence-corrected chi connectivity index (χ0v) is 28.5. The molecule has 0 saturated carbocycles. The Bertz CT molecular complexity index is 2870. The minimum Gasteiger partial charge on any atom is -0.484 e. The quantitative estimate of drug-likeness (QED) is 0.179. The van der Waals surface area contributed by atoms with Crippen LogP contribution in [0.4, 0.5) is 0 Å². The molecule has 9 aromatic rings. The predicted octanol–water partition coefficient (Wildman–Crippen LogP) is 12.1. The molecule has 0 spiro atoms. The molecule has 1 aliphatic carbocycles. The molecule has 1 aliphatic heterocycles. The summed E-state index contributed by atoms with van der Waals surface area (Å²) in [5.41, 5.74) is 13.4. The zero-order valence-electron chi connectivity index (χ0n) is 28.5. The Morgan fingerprint density at radius 1 is 0.519 bits per heavy atom. The second-order valence-corrected chi connectivity index (χ2v) is 14.1. The Labute approximate surface area is 302 Å². The van der Waals surface area contributed by atoms with Gasteiger partial charge in [0.05, 0.1) is 11.0 Å². The van der Waals surface area contributed by atoms with Gasteiger partial charge in [0, 0.05) is 61.9 Å². The fourth-order valence-electron chi connectivity index (χ4n) is 8.75. The number of benzene rings is 7. The van der Waals surface area contributed by atoms with Crippen molar-refractivity contribution < 1.29 is 4.74 Å². The van der Waals surface area contributed by atoms with Crippen LogP contribution in [-0.2, 0) is 6.54 Å². The number of nitrogens with zero attached hydrogens (tertiary/aromatic N) is 2. The Kier molecular flexibility index (Phi) is 6.44. The van der Waals surface area contributed by atoms with Crippen molar-refractivity contribution in [1.82, 2.24) is 9.13 Å². The van der Waals surface area contributed by atoms with Gasteiger partial charge >= 0.3 is 0 Å². The Morgan fingerprint density at radius 2 is 1.19 bits per heavy atom. The fraction of sp³-hybridized carbons (Fsp3) is 0.0612. The van der Waals surface area contributed by atoms with Gasteiger partial charge in [-0.3, -0.25) is 0 Å². The lowest BCUT2D eigenvalue weighted by atomic mass is 9.86. The lowest BCUT2D eigenvalue weighted by Crippen LogP contribution is -2.17. The van der Waals surface area contributed by atoms with Crippen molar-refractivity contribution in [3.8, 4) is 22.6 Å². The van der Waals surface area contributed by atoms with E-state index in [0.717, 1.165) is 17.9 Å². The van der Waals surface area contributed by atoms with Gasteiger partial charge in [0.15, 0.2) is 0 Å². The number of fused-ring (bicyclic) bond motifs is 9. The van der Waals surface area contributed by atoms with Gasteiger partial charge in [0.1, 0.15) is 11.9 Å². The van der Waals surface area contributed by atoms with Crippen LogP contribution in [0, 0.1) is 0 Å². The second-order valence-electron chi connectivity index (χ2n) is 14.1. The number of hydrogen-bond acceptors (Lipinski definition) is 1. The van der Waals surface area contributed by atoms with Crippen LogP contribution in [0.3, 0.4) is 0 Å². The molecule has 2 aliphatic rings. The van der Waals surface area contributed by atoms with E-state index < -0.39 is 0 Å². The molecule has 2 aromatic heterocycles. The van der Waals surface area contributed by atoms with Gasteiger partial charge < -0.3 is 13.9 Å². The highest BCUT2D eigenvalue weighted by molar-refractivity contribution is 6.10. The van der Waals surface area contributed by atoms with Crippen molar-refractivity contribution in [1.29, 1.82) is 0 Å². The van der Waals surface area contributed by atoms with Crippen molar-refractivity contribution in [3.63, 3.8) is 0 Å². The van der Waals surface area contributed by atoms with Crippen LogP contribution in [0.1, 0.15) is 22.6 Å². The van der Waals surface area contributed by atoms with E-state index >= 15 is 0 Å². The largest absolute Gasteiger partial charge is 0.484 e. The van der Waals surface area contributed by atoms with Crippen molar-refractivity contribution in [2.24, 2.45) is 0 Å². The van der Waals surface area contributed by atoms with Crippen molar-refractivity contribution in [2.45, 2.75) is 18.6 Å². The van der Waals surface area contributed by atoms with Crippen LogP contribution in [0.25, 0.3) is 66.0 Å². The Hall–Kier alpha value is -6.58. The highest BCUT2D eigenvalue weighted by Gasteiger charge is 2.35. The maximum absolute atomic E-state index is 6.78. The van der Waals surface area contributed by atoms with Crippen LogP contribution in [-0.4, -0.2) is 15.2 Å². The standard InChI is InChI=1S/C49H34N2O/c1-2-14-36(15-3-1)51-46-23-9-6-18-40(46)42-29-33(24-26-47(42)51)34-25-27-48-43(30-34)41-20-11-19-37(49(41)52-48)35-13-10-12-32(28-35)31-50-44-21-7-4-16-38(44)39-17-5-8-22-45(39)50/h1-30,43,48H,31H2. The second kappa shape index (κ2) is 11.5. The lowest BCUT2D eigenvalue weighted by molar-refractivity contribution is 0.270. The van der Waals surface area contributed by atoms with Crippen LogP contribution in [0.15, 0.2) is 182 Å². The van der Waals surface area contributed by atoms with E-state index in [1.165, 1.54) is 77.1 Å². The molecule has 0 bridgehead atoms. The van der Waals surface area contributed by atoms with E-state index in [1.807, 2.05) is 0 Å². The molecule has 3 heterocycles. The van der Waals surface area contributed by atoms with Gasteiger partial charge in [-0.25, -0.2) is 0 Å². The first-order valence-electron chi connectivity index (χ1n) is 18.1. The summed E-state index contributed by atoms with van der Waals surface area (Å²) in [7, 11) is 0. The summed E-state index contributed by atoms with van der Waals surface area (Å²) >= 11 is 0. The number of ether oxygens (including phenoxy) is 1. The molecule has 52 heavy (non-hydrogen) atoms. The van der Waals surface area contributed by atoms with Gasteiger partial charge in [0.25, 0.3) is 0 Å². The summed E-state index contributed by atoms with van der Waals surface area (Å²) in [6.07, 6.45) is 6.89. The third-order valence-corrected chi connectivity index (χ3v) is 11.1. The molecule has 11 rings (SSSR count). The van der Waals surface area contributed by atoms with E-state index in [2.05, 4.69) is 191 Å². The Morgan fingerprint density at radius 3 is 1.98 bits per heavy atom. The first-order chi connectivity index (χ1) is 25.8. The van der Waals surface area contributed by atoms with E-state index in [4.69, 9.17) is 4.74 Å². The zero-order chi connectivity index (χ0) is 34.2. The lowest BCUT2D eigenvalue weighted by Gasteiger charge is -2.19. The molecule has 0 amide bonds. The van der Waals surface area contributed by atoms with E-state index in [1.54, 1.807) is 0 Å². The normalized spacial score (nSPS) is 16.3.